The Bertz CT molecular complexity index is 1150. The van der Waals surface area contributed by atoms with Gasteiger partial charge in [-0.15, -0.1) is 0 Å². The van der Waals surface area contributed by atoms with E-state index in [0.717, 1.165) is 48.3 Å². The Morgan fingerprint density at radius 3 is 2.78 bits per heavy atom. The van der Waals surface area contributed by atoms with Gasteiger partial charge in [-0.2, -0.15) is 0 Å². The third-order valence-corrected chi connectivity index (χ3v) is 5.28. The van der Waals surface area contributed by atoms with Gasteiger partial charge in [0, 0.05) is 31.2 Å². The summed E-state index contributed by atoms with van der Waals surface area (Å²) in [5, 5.41) is 0.943. The SMILES string of the molecule is COc1cccc2c1nc(N)n1cc(CN3CCc4ccccc4C3)nc21. The summed E-state index contributed by atoms with van der Waals surface area (Å²) in [4.78, 5) is 11.8. The summed E-state index contributed by atoms with van der Waals surface area (Å²) in [6, 6.07) is 14.5. The van der Waals surface area contributed by atoms with E-state index in [4.69, 9.17) is 15.5 Å². The highest BCUT2D eigenvalue weighted by molar-refractivity contribution is 5.96. The number of hydrogen-bond acceptors (Lipinski definition) is 5. The number of anilines is 1. The summed E-state index contributed by atoms with van der Waals surface area (Å²) in [5.74, 6) is 1.13. The first-order valence-corrected chi connectivity index (χ1v) is 9.12. The van der Waals surface area contributed by atoms with Gasteiger partial charge in [0.2, 0.25) is 5.95 Å². The normalized spacial score (nSPS) is 14.6. The molecule has 0 saturated heterocycles. The van der Waals surface area contributed by atoms with Crippen LogP contribution in [-0.2, 0) is 19.5 Å². The smallest absolute Gasteiger partial charge is 0.206 e. The number of aromatic nitrogens is 3. The number of rotatable bonds is 3. The number of nitrogen functional groups attached to an aromatic ring is 1. The largest absolute Gasteiger partial charge is 0.494 e. The zero-order chi connectivity index (χ0) is 18.4. The van der Waals surface area contributed by atoms with Crippen molar-refractivity contribution in [2.45, 2.75) is 19.5 Å². The molecule has 0 atom stereocenters. The average molecular weight is 359 g/mol. The van der Waals surface area contributed by atoms with E-state index in [0.29, 0.717) is 11.7 Å². The molecule has 0 saturated carbocycles. The molecule has 3 heterocycles. The maximum atomic E-state index is 6.20. The average Bonchev–Trinajstić information content (AvgIpc) is 3.12. The van der Waals surface area contributed by atoms with E-state index >= 15 is 0 Å². The first-order chi connectivity index (χ1) is 13.2. The second-order valence-corrected chi connectivity index (χ2v) is 6.98. The number of fused-ring (bicyclic) bond motifs is 4. The maximum Gasteiger partial charge on any atom is 0.206 e. The fourth-order valence-corrected chi connectivity index (χ4v) is 3.94. The molecular formula is C21H21N5O. The van der Waals surface area contributed by atoms with Crippen molar-refractivity contribution in [3.63, 3.8) is 0 Å². The second kappa shape index (κ2) is 6.25. The van der Waals surface area contributed by atoms with Crippen LogP contribution < -0.4 is 10.5 Å². The lowest BCUT2D eigenvalue weighted by molar-refractivity contribution is 0.243. The Balaban J connectivity index is 1.52. The molecule has 2 aromatic heterocycles. The first-order valence-electron chi connectivity index (χ1n) is 9.12. The lowest BCUT2D eigenvalue weighted by Gasteiger charge is -2.27. The minimum Gasteiger partial charge on any atom is -0.494 e. The number of nitrogens with two attached hydrogens (primary N) is 1. The third-order valence-electron chi connectivity index (χ3n) is 5.28. The molecule has 27 heavy (non-hydrogen) atoms. The van der Waals surface area contributed by atoms with Crippen LogP contribution >= 0.6 is 0 Å². The van der Waals surface area contributed by atoms with E-state index in [2.05, 4.69) is 34.1 Å². The number of hydrogen-bond donors (Lipinski definition) is 1. The first kappa shape index (κ1) is 16.1. The highest BCUT2D eigenvalue weighted by Crippen LogP contribution is 2.28. The summed E-state index contributed by atoms with van der Waals surface area (Å²) in [7, 11) is 1.64. The summed E-state index contributed by atoms with van der Waals surface area (Å²) >= 11 is 0. The molecule has 1 aliphatic heterocycles. The lowest BCUT2D eigenvalue weighted by atomic mass is 10.00. The van der Waals surface area contributed by atoms with Gasteiger partial charge >= 0.3 is 0 Å². The Morgan fingerprint density at radius 1 is 1.07 bits per heavy atom. The van der Waals surface area contributed by atoms with Crippen molar-refractivity contribution >= 4 is 22.5 Å². The topological polar surface area (TPSA) is 68.7 Å². The standard InChI is InChI=1S/C21H21N5O/c1-27-18-8-4-7-17-19(18)24-21(22)26-13-16(23-20(17)26)12-25-10-9-14-5-2-3-6-15(14)11-25/h2-8,13H,9-12H2,1H3,(H2,22,24). The lowest BCUT2D eigenvalue weighted by Crippen LogP contribution is -2.30. The van der Waals surface area contributed by atoms with Crippen LogP contribution in [0.2, 0.25) is 0 Å². The monoisotopic (exact) mass is 359 g/mol. The zero-order valence-electron chi connectivity index (χ0n) is 15.2. The van der Waals surface area contributed by atoms with Gasteiger partial charge in [0.05, 0.1) is 12.8 Å². The molecular weight excluding hydrogens is 338 g/mol. The summed E-state index contributed by atoms with van der Waals surface area (Å²) in [6.45, 7) is 2.78. The van der Waals surface area contributed by atoms with Crippen molar-refractivity contribution < 1.29 is 4.74 Å². The van der Waals surface area contributed by atoms with Crippen LogP contribution in [0.3, 0.4) is 0 Å². The molecule has 2 aromatic carbocycles. The molecule has 0 amide bonds. The predicted molar refractivity (Wildman–Crippen MR) is 106 cm³/mol. The molecule has 6 nitrogen and oxygen atoms in total. The molecule has 4 aromatic rings. The number of methoxy groups -OCH3 is 1. The van der Waals surface area contributed by atoms with Crippen molar-refractivity contribution in [3.8, 4) is 5.75 Å². The van der Waals surface area contributed by atoms with E-state index in [1.165, 1.54) is 11.1 Å². The maximum absolute atomic E-state index is 6.20. The van der Waals surface area contributed by atoms with Crippen LogP contribution in [0.1, 0.15) is 16.8 Å². The van der Waals surface area contributed by atoms with Crippen LogP contribution in [0.4, 0.5) is 5.95 Å². The molecule has 6 heteroatoms. The molecule has 136 valence electrons. The number of ether oxygens (including phenoxy) is 1. The van der Waals surface area contributed by atoms with Crippen LogP contribution in [-0.4, -0.2) is 32.9 Å². The van der Waals surface area contributed by atoms with Crippen LogP contribution in [0, 0.1) is 0 Å². The van der Waals surface area contributed by atoms with Crippen LogP contribution in [0.15, 0.2) is 48.7 Å². The van der Waals surface area contributed by atoms with Crippen molar-refractivity contribution in [1.29, 1.82) is 0 Å². The van der Waals surface area contributed by atoms with E-state index < -0.39 is 0 Å². The number of benzene rings is 2. The minimum atomic E-state index is 0.421. The van der Waals surface area contributed by atoms with Gasteiger partial charge in [0.1, 0.15) is 16.9 Å². The second-order valence-electron chi connectivity index (χ2n) is 6.98. The molecule has 0 aliphatic carbocycles. The van der Waals surface area contributed by atoms with E-state index in [-0.39, 0.29) is 0 Å². The molecule has 5 rings (SSSR count). The van der Waals surface area contributed by atoms with Gasteiger partial charge in [-0.1, -0.05) is 30.3 Å². The van der Waals surface area contributed by atoms with Crippen molar-refractivity contribution in [3.05, 3.63) is 65.5 Å². The van der Waals surface area contributed by atoms with Crippen molar-refractivity contribution in [1.82, 2.24) is 19.3 Å². The minimum absolute atomic E-state index is 0.421. The number of para-hydroxylation sites is 1. The Hall–Kier alpha value is -3.12. The van der Waals surface area contributed by atoms with E-state index in [9.17, 15) is 0 Å². The molecule has 1 aliphatic rings. The van der Waals surface area contributed by atoms with Gasteiger partial charge in [-0.25, -0.2) is 9.97 Å². The van der Waals surface area contributed by atoms with Crippen molar-refractivity contribution in [2.75, 3.05) is 19.4 Å². The highest BCUT2D eigenvalue weighted by Gasteiger charge is 2.18. The summed E-state index contributed by atoms with van der Waals surface area (Å²) in [5.41, 5.74) is 11.6. The van der Waals surface area contributed by atoms with Crippen LogP contribution in [0.5, 0.6) is 5.75 Å². The molecule has 0 radical (unpaired) electrons. The Morgan fingerprint density at radius 2 is 1.93 bits per heavy atom. The van der Waals surface area contributed by atoms with Crippen LogP contribution in [0.25, 0.3) is 16.6 Å². The van der Waals surface area contributed by atoms with Gasteiger partial charge in [-0.3, -0.25) is 9.30 Å². The fraction of sp³-hybridized carbons (Fsp3) is 0.238. The highest BCUT2D eigenvalue weighted by atomic mass is 16.5. The Kier molecular flexibility index (Phi) is 3.72. The summed E-state index contributed by atoms with van der Waals surface area (Å²) < 4.78 is 7.30. The van der Waals surface area contributed by atoms with Gasteiger partial charge in [-0.05, 0) is 29.7 Å². The Labute approximate surface area is 157 Å². The van der Waals surface area contributed by atoms with Crippen molar-refractivity contribution in [2.24, 2.45) is 0 Å². The third kappa shape index (κ3) is 2.69. The van der Waals surface area contributed by atoms with E-state index in [1.807, 2.05) is 28.8 Å². The molecule has 0 unspecified atom stereocenters. The fourth-order valence-electron chi connectivity index (χ4n) is 3.94. The zero-order valence-corrected chi connectivity index (χ0v) is 15.2. The molecule has 0 spiro atoms. The number of imidazole rings is 1. The quantitative estimate of drug-likeness (QED) is 0.609. The van der Waals surface area contributed by atoms with Gasteiger partial charge in [0.15, 0.2) is 0 Å². The molecule has 0 bridgehead atoms. The summed E-state index contributed by atoms with van der Waals surface area (Å²) in [6.07, 6.45) is 3.07. The van der Waals surface area contributed by atoms with Gasteiger partial charge < -0.3 is 10.5 Å². The number of nitrogens with zero attached hydrogens (tertiary/aromatic N) is 4. The molecule has 2 N–H and O–H groups in total. The van der Waals surface area contributed by atoms with E-state index in [1.54, 1.807) is 7.11 Å². The molecule has 0 fully saturated rings. The van der Waals surface area contributed by atoms with Gasteiger partial charge in [0.25, 0.3) is 0 Å². The predicted octanol–water partition coefficient (Wildman–Crippen LogP) is 3.03.